The summed E-state index contributed by atoms with van der Waals surface area (Å²) in [6.45, 7) is 8.30. The lowest BCUT2D eigenvalue weighted by molar-refractivity contribution is -0.138. The zero-order valence-corrected chi connectivity index (χ0v) is 25.1. The SMILES string of the molecule is CCCCOc1ccc(C(=O)Oc2ccc(OC(=O)c3ccc(OCCCCOCC4(C)COC4)c(OC)c3)cc2)cc1. The molecular weight excluding hydrogens is 552 g/mol. The first-order chi connectivity index (χ1) is 20.9. The average Bonchev–Trinajstić information content (AvgIpc) is 3.01. The van der Waals surface area contributed by atoms with Gasteiger partial charge in [-0.1, -0.05) is 20.3 Å². The Hall–Kier alpha value is -4.08. The molecule has 0 spiro atoms. The van der Waals surface area contributed by atoms with E-state index in [4.69, 9.17) is 33.2 Å². The number of carbonyl (C=O) groups is 2. The van der Waals surface area contributed by atoms with Gasteiger partial charge in [-0.2, -0.15) is 0 Å². The molecule has 0 aromatic heterocycles. The van der Waals surface area contributed by atoms with E-state index in [9.17, 15) is 9.59 Å². The summed E-state index contributed by atoms with van der Waals surface area (Å²) in [6, 6.07) is 18.0. The lowest BCUT2D eigenvalue weighted by Gasteiger charge is -2.37. The average molecular weight is 593 g/mol. The Kier molecular flexibility index (Phi) is 11.8. The van der Waals surface area contributed by atoms with Crippen LogP contribution < -0.4 is 23.7 Å². The van der Waals surface area contributed by atoms with Gasteiger partial charge in [-0.05, 0) is 86.0 Å². The zero-order valence-electron chi connectivity index (χ0n) is 25.1. The molecule has 0 aliphatic carbocycles. The second-order valence-corrected chi connectivity index (χ2v) is 10.8. The Labute approximate surface area is 252 Å². The number of unbranched alkanes of at least 4 members (excludes halogenated alkanes) is 2. The third kappa shape index (κ3) is 9.73. The van der Waals surface area contributed by atoms with Crippen molar-refractivity contribution in [2.45, 2.75) is 39.5 Å². The van der Waals surface area contributed by atoms with Crippen LogP contribution in [0.3, 0.4) is 0 Å². The Bertz CT molecular complexity index is 1310. The molecule has 0 atom stereocenters. The van der Waals surface area contributed by atoms with E-state index in [-0.39, 0.29) is 5.41 Å². The Morgan fingerprint density at radius 3 is 1.91 bits per heavy atom. The number of esters is 2. The third-order valence-corrected chi connectivity index (χ3v) is 6.79. The van der Waals surface area contributed by atoms with Gasteiger partial charge in [-0.15, -0.1) is 0 Å². The molecule has 1 saturated heterocycles. The highest BCUT2D eigenvalue weighted by atomic mass is 16.5. The predicted octanol–water partition coefficient (Wildman–Crippen LogP) is 6.52. The van der Waals surface area contributed by atoms with Gasteiger partial charge in [-0.25, -0.2) is 9.59 Å². The van der Waals surface area contributed by atoms with Crippen molar-refractivity contribution in [1.82, 2.24) is 0 Å². The molecule has 0 amide bonds. The lowest BCUT2D eigenvalue weighted by Crippen LogP contribution is -2.43. The summed E-state index contributed by atoms with van der Waals surface area (Å²) in [5.74, 6) is 1.26. The maximum absolute atomic E-state index is 12.8. The van der Waals surface area contributed by atoms with Crippen molar-refractivity contribution in [3.05, 3.63) is 77.9 Å². The van der Waals surface area contributed by atoms with E-state index in [1.54, 1.807) is 66.7 Å². The fourth-order valence-corrected chi connectivity index (χ4v) is 4.18. The molecule has 0 N–H and O–H groups in total. The quantitative estimate of drug-likeness (QED) is 0.0985. The van der Waals surface area contributed by atoms with E-state index >= 15 is 0 Å². The molecule has 0 saturated carbocycles. The largest absolute Gasteiger partial charge is 0.494 e. The molecule has 1 aliphatic heterocycles. The summed E-state index contributed by atoms with van der Waals surface area (Å²) in [5.41, 5.74) is 0.866. The van der Waals surface area contributed by atoms with Gasteiger partial charge < -0.3 is 33.2 Å². The molecule has 1 fully saturated rings. The van der Waals surface area contributed by atoms with Crippen LogP contribution in [0.4, 0.5) is 0 Å². The van der Waals surface area contributed by atoms with E-state index in [2.05, 4.69) is 13.8 Å². The number of benzene rings is 3. The molecule has 0 unspecified atom stereocenters. The summed E-state index contributed by atoms with van der Waals surface area (Å²) < 4.78 is 38.8. The van der Waals surface area contributed by atoms with Crippen LogP contribution in [0.2, 0.25) is 0 Å². The number of rotatable bonds is 17. The number of hydrogen-bond donors (Lipinski definition) is 0. The van der Waals surface area contributed by atoms with Crippen molar-refractivity contribution in [2.75, 3.05) is 46.8 Å². The molecule has 43 heavy (non-hydrogen) atoms. The van der Waals surface area contributed by atoms with Crippen molar-refractivity contribution in [3.8, 4) is 28.7 Å². The van der Waals surface area contributed by atoms with Crippen LogP contribution >= 0.6 is 0 Å². The van der Waals surface area contributed by atoms with Gasteiger partial charge >= 0.3 is 11.9 Å². The van der Waals surface area contributed by atoms with Gasteiger partial charge in [0.1, 0.15) is 17.2 Å². The summed E-state index contributed by atoms with van der Waals surface area (Å²) in [7, 11) is 1.52. The normalized spacial score (nSPS) is 13.5. The minimum Gasteiger partial charge on any atom is -0.494 e. The molecule has 230 valence electrons. The number of ether oxygens (including phenoxy) is 7. The third-order valence-electron chi connectivity index (χ3n) is 6.79. The highest BCUT2D eigenvalue weighted by Crippen LogP contribution is 2.30. The minimum atomic E-state index is -0.557. The highest BCUT2D eigenvalue weighted by molar-refractivity contribution is 5.92. The van der Waals surface area contributed by atoms with E-state index in [1.165, 1.54) is 7.11 Å². The fraction of sp³-hybridized carbons (Fsp3) is 0.412. The standard InChI is InChI=1S/C34H40O9/c1-4-5-19-40-27-11-8-25(9-12-27)32(35)42-28-13-15-29(16-14-28)43-33(36)26-10-17-30(31(21-26)37-3)41-20-7-6-18-38-22-34(2)23-39-24-34/h8-17,21H,4-7,18-20,22-24H2,1-3H3. The van der Waals surface area contributed by atoms with E-state index in [1.807, 2.05) is 0 Å². The summed E-state index contributed by atoms with van der Waals surface area (Å²) in [6.07, 6.45) is 3.72. The molecule has 4 rings (SSSR count). The lowest BCUT2D eigenvalue weighted by atomic mass is 9.90. The monoisotopic (exact) mass is 592 g/mol. The van der Waals surface area contributed by atoms with Gasteiger partial charge in [0.25, 0.3) is 0 Å². The van der Waals surface area contributed by atoms with Crippen LogP contribution in [-0.2, 0) is 9.47 Å². The zero-order chi connectivity index (χ0) is 30.5. The van der Waals surface area contributed by atoms with Gasteiger partial charge in [0.15, 0.2) is 11.5 Å². The molecule has 0 bridgehead atoms. The summed E-state index contributed by atoms with van der Waals surface area (Å²) in [4.78, 5) is 25.3. The molecule has 1 heterocycles. The van der Waals surface area contributed by atoms with Gasteiger partial charge in [0, 0.05) is 12.0 Å². The van der Waals surface area contributed by atoms with Crippen LogP contribution in [0.5, 0.6) is 28.7 Å². The van der Waals surface area contributed by atoms with E-state index in [0.29, 0.717) is 66.3 Å². The smallest absolute Gasteiger partial charge is 0.343 e. The first-order valence-corrected chi connectivity index (χ1v) is 14.6. The van der Waals surface area contributed by atoms with Crippen molar-refractivity contribution < 1.29 is 42.7 Å². The first-order valence-electron chi connectivity index (χ1n) is 14.6. The maximum Gasteiger partial charge on any atom is 0.343 e. The molecule has 9 heteroatoms. The fourth-order valence-electron chi connectivity index (χ4n) is 4.18. The number of carbonyl (C=O) groups excluding carboxylic acids is 2. The minimum absolute atomic E-state index is 0.155. The second kappa shape index (κ2) is 16.0. The Balaban J connectivity index is 1.21. The van der Waals surface area contributed by atoms with Crippen molar-refractivity contribution in [3.63, 3.8) is 0 Å². The van der Waals surface area contributed by atoms with Crippen LogP contribution in [0.15, 0.2) is 66.7 Å². The molecule has 3 aromatic carbocycles. The van der Waals surface area contributed by atoms with Crippen molar-refractivity contribution in [1.29, 1.82) is 0 Å². The Morgan fingerprint density at radius 1 is 0.721 bits per heavy atom. The van der Waals surface area contributed by atoms with Gasteiger partial charge in [0.2, 0.25) is 0 Å². The number of hydrogen-bond acceptors (Lipinski definition) is 9. The van der Waals surface area contributed by atoms with E-state index < -0.39 is 11.9 Å². The second-order valence-electron chi connectivity index (χ2n) is 10.8. The summed E-state index contributed by atoms with van der Waals surface area (Å²) in [5, 5.41) is 0. The molecule has 1 aliphatic rings. The molecule has 0 radical (unpaired) electrons. The van der Waals surface area contributed by atoms with Crippen LogP contribution in [0.25, 0.3) is 0 Å². The molecular formula is C34H40O9. The molecule has 9 nitrogen and oxygen atoms in total. The summed E-state index contributed by atoms with van der Waals surface area (Å²) >= 11 is 0. The van der Waals surface area contributed by atoms with Crippen LogP contribution in [0, 0.1) is 5.41 Å². The highest BCUT2D eigenvalue weighted by Gasteiger charge is 2.33. The van der Waals surface area contributed by atoms with E-state index in [0.717, 1.165) is 38.9 Å². The van der Waals surface area contributed by atoms with Crippen molar-refractivity contribution >= 4 is 11.9 Å². The van der Waals surface area contributed by atoms with Crippen LogP contribution in [0.1, 0.15) is 60.2 Å². The Morgan fingerprint density at radius 2 is 1.30 bits per heavy atom. The van der Waals surface area contributed by atoms with Gasteiger partial charge in [-0.3, -0.25) is 0 Å². The number of methoxy groups -OCH3 is 1. The topological polar surface area (TPSA) is 98.8 Å². The van der Waals surface area contributed by atoms with Crippen molar-refractivity contribution in [2.24, 2.45) is 5.41 Å². The predicted molar refractivity (Wildman–Crippen MR) is 161 cm³/mol. The maximum atomic E-state index is 12.8. The molecule has 3 aromatic rings. The van der Waals surface area contributed by atoms with Crippen LogP contribution in [-0.4, -0.2) is 58.7 Å². The van der Waals surface area contributed by atoms with Gasteiger partial charge in [0.05, 0.1) is 51.3 Å². The first kappa shape index (κ1) is 31.8.